The van der Waals surface area contributed by atoms with Crippen LogP contribution in [0.5, 0.6) is 5.75 Å². The molecule has 0 spiro atoms. The summed E-state index contributed by atoms with van der Waals surface area (Å²) >= 11 is 0. The van der Waals surface area contributed by atoms with E-state index in [-0.39, 0.29) is 17.3 Å². The highest BCUT2D eigenvalue weighted by Gasteiger charge is 2.17. The van der Waals surface area contributed by atoms with Gasteiger partial charge in [0, 0.05) is 0 Å². The summed E-state index contributed by atoms with van der Waals surface area (Å²) in [5.74, 6) is 0.298. The summed E-state index contributed by atoms with van der Waals surface area (Å²) in [6.07, 6.45) is 1.51. The molecule has 1 amide bonds. The summed E-state index contributed by atoms with van der Waals surface area (Å²) < 4.78 is 6.59. The molecule has 0 radical (unpaired) electrons. The Morgan fingerprint density at radius 2 is 2.04 bits per heavy atom. The van der Waals surface area contributed by atoms with Crippen molar-refractivity contribution in [1.29, 1.82) is 0 Å². The predicted octanol–water partition coefficient (Wildman–Crippen LogP) is 1.13. The molecule has 0 saturated carbocycles. The topological polar surface area (TPSA) is 127 Å². The van der Waals surface area contributed by atoms with Crippen LogP contribution >= 0.6 is 0 Å². The standard InChI is InChI=1S/C18H19N7O3/c1-4-28-14-7-5-13(6-8-14)10-19-22-17(27)15-9-11(2)24-25(15)18-20-16(26)12(3)21-23-18/h5-10H,4H2,1-3H3,(H,22,27)(H,20,23,26)/b19-10-. The normalized spacial score (nSPS) is 11.0. The lowest BCUT2D eigenvalue weighted by Crippen LogP contribution is -2.24. The molecule has 0 aliphatic rings. The van der Waals surface area contributed by atoms with E-state index >= 15 is 0 Å². The number of nitrogens with one attached hydrogen (secondary N) is 2. The van der Waals surface area contributed by atoms with Crippen molar-refractivity contribution in [3.63, 3.8) is 0 Å². The number of amides is 1. The summed E-state index contributed by atoms with van der Waals surface area (Å²) in [6, 6.07) is 8.83. The number of aromatic nitrogens is 5. The Morgan fingerprint density at radius 3 is 2.71 bits per heavy atom. The van der Waals surface area contributed by atoms with Gasteiger partial charge in [0.25, 0.3) is 17.4 Å². The van der Waals surface area contributed by atoms with Gasteiger partial charge in [-0.2, -0.15) is 14.9 Å². The van der Waals surface area contributed by atoms with Gasteiger partial charge in [-0.3, -0.25) is 14.6 Å². The summed E-state index contributed by atoms with van der Waals surface area (Å²) in [5.41, 5.74) is 3.78. The van der Waals surface area contributed by atoms with Crippen LogP contribution in [-0.2, 0) is 0 Å². The van der Waals surface area contributed by atoms with Crippen LogP contribution in [0.15, 0.2) is 40.2 Å². The maximum Gasteiger partial charge on any atom is 0.290 e. The minimum atomic E-state index is -0.508. The first kappa shape index (κ1) is 19.0. The molecule has 0 bridgehead atoms. The molecule has 10 heteroatoms. The predicted molar refractivity (Wildman–Crippen MR) is 102 cm³/mol. The van der Waals surface area contributed by atoms with Gasteiger partial charge in [-0.1, -0.05) is 0 Å². The van der Waals surface area contributed by atoms with Crippen LogP contribution in [0.4, 0.5) is 0 Å². The van der Waals surface area contributed by atoms with Gasteiger partial charge in [0.05, 0.1) is 18.5 Å². The molecule has 0 fully saturated rings. The molecule has 0 unspecified atom stereocenters. The molecule has 144 valence electrons. The highest BCUT2D eigenvalue weighted by atomic mass is 16.5. The smallest absolute Gasteiger partial charge is 0.290 e. The number of ether oxygens (including phenoxy) is 1. The van der Waals surface area contributed by atoms with Crippen molar-refractivity contribution in [1.82, 2.24) is 30.4 Å². The highest BCUT2D eigenvalue weighted by Crippen LogP contribution is 2.11. The van der Waals surface area contributed by atoms with Gasteiger partial charge in [-0.05, 0) is 56.7 Å². The van der Waals surface area contributed by atoms with E-state index in [1.54, 1.807) is 13.0 Å². The van der Waals surface area contributed by atoms with Gasteiger partial charge >= 0.3 is 0 Å². The van der Waals surface area contributed by atoms with Crippen LogP contribution in [0, 0.1) is 13.8 Å². The Morgan fingerprint density at radius 1 is 1.29 bits per heavy atom. The number of hydrazone groups is 1. The summed E-state index contributed by atoms with van der Waals surface area (Å²) in [6.45, 7) is 5.76. The van der Waals surface area contributed by atoms with E-state index in [0.717, 1.165) is 11.3 Å². The first-order valence-electron chi connectivity index (χ1n) is 8.55. The van der Waals surface area contributed by atoms with Gasteiger partial charge in [-0.25, -0.2) is 5.43 Å². The second-order valence-electron chi connectivity index (χ2n) is 5.85. The van der Waals surface area contributed by atoms with Crippen LogP contribution < -0.4 is 15.7 Å². The van der Waals surface area contributed by atoms with E-state index in [4.69, 9.17) is 4.74 Å². The van der Waals surface area contributed by atoms with Gasteiger partial charge in [0.1, 0.15) is 17.1 Å². The number of aromatic amines is 1. The van der Waals surface area contributed by atoms with Crippen LogP contribution in [0.2, 0.25) is 0 Å². The van der Waals surface area contributed by atoms with Crippen molar-refractivity contribution in [2.45, 2.75) is 20.8 Å². The van der Waals surface area contributed by atoms with Gasteiger partial charge in [0.2, 0.25) is 0 Å². The first-order valence-corrected chi connectivity index (χ1v) is 8.55. The molecular formula is C18H19N7O3. The molecule has 0 aliphatic carbocycles. The Bertz CT molecular complexity index is 1070. The van der Waals surface area contributed by atoms with Crippen LogP contribution in [0.25, 0.3) is 5.95 Å². The van der Waals surface area contributed by atoms with Crippen molar-refractivity contribution >= 4 is 12.1 Å². The zero-order chi connectivity index (χ0) is 20.1. The van der Waals surface area contributed by atoms with Crippen molar-refractivity contribution in [2.75, 3.05) is 6.61 Å². The Hall–Kier alpha value is -3.82. The van der Waals surface area contributed by atoms with Gasteiger partial charge in [-0.15, -0.1) is 10.2 Å². The van der Waals surface area contributed by atoms with E-state index < -0.39 is 11.5 Å². The molecule has 0 atom stereocenters. The van der Waals surface area contributed by atoms with Crippen molar-refractivity contribution in [3.05, 3.63) is 63.3 Å². The molecule has 1 aromatic carbocycles. The fraction of sp³-hybridized carbons (Fsp3) is 0.222. The molecule has 0 saturated heterocycles. The number of benzene rings is 1. The van der Waals surface area contributed by atoms with Crippen molar-refractivity contribution in [2.24, 2.45) is 5.10 Å². The summed E-state index contributed by atoms with van der Waals surface area (Å²) in [5, 5.41) is 15.8. The fourth-order valence-electron chi connectivity index (χ4n) is 2.34. The molecule has 10 nitrogen and oxygen atoms in total. The van der Waals surface area contributed by atoms with Crippen LogP contribution in [0.3, 0.4) is 0 Å². The molecule has 3 rings (SSSR count). The van der Waals surface area contributed by atoms with Crippen LogP contribution in [0.1, 0.15) is 34.4 Å². The zero-order valence-electron chi connectivity index (χ0n) is 15.6. The van der Waals surface area contributed by atoms with E-state index in [1.807, 2.05) is 31.2 Å². The SMILES string of the molecule is CCOc1ccc(/C=N\NC(=O)c2cc(C)nn2-c2nnc(C)c(=O)[nH]2)cc1. The number of hydrogen-bond donors (Lipinski definition) is 2. The number of carbonyl (C=O) groups is 1. The molecular weight excluding hydrogens is 362 g/mol. The van der Waals surface area contributed by atoms with E-state index in [2.05, 4.69) is 30.8 Å². The Labute approximate surface area is 160 Å². The fourth-order valence-corrected chi connectivity index (χ4v) is 2.34. The maximum absolute atomic E-state index is 12.5. The lowest BCUT2D eigenvalue weighted by Gasteiger charge is -2.04. The van der Waals surface area contributed by atoms with Crippen molar-refractivity contribution < 1.29 is 9.53 Å². The third kappa shape index (κ3) is 4.29. The minimum Gasteiger partial charge on any atom is -0.494 e. The number of rotatable bonds is 6. The maximum atomic E-state index is 12.5. The van der Waals surface area contributed by atoms with Gasteiger partial charge in [0.15, 0.2) is 0 Å². The van der Waals surface area contributed by atoms with E-state index in [9.17, 15) is 9.59 Å². The van der Waals surface area contributed by atoms with Crippen molar-refractivity contribution in [3.8, 4) is 11.7 Å². The molecule has 2 N–H and O–H groups in total. The Kier molecular flexibility index (Phi) is 5.58. The molecule has 2 aromatic heterocycles. The molecule has 28 heavy (non-hydrogen) atoms. The number of hydrogen-bond acceptors (Lipinski definition) is 7. The Balaban J connectivity index is 1.76. The zero-order valence-corrected chi connectivity index (χ0v) is 15.6. The van der Waals surface area contributed by atoms with E-state index in [0.29, 0.717) is 12.3 Å². The summed E-state index contributed by atoms with van der Waals surface area (Å²) in [4.78, 5) is 26.8. The quantitative estimate of drug-likeness (QED) is 0.487. The first-order chi connectivity index (χ1) is 13.5. The number of aryl methyl sites for hydroxylation is 2. The number of H-pyrrole nitrogens is 1. The molecule has 0 aliphatic heterocycles. The lowest BCUT2D eigenvalue weighted by atomic mass is 10.2. The second kappa shape index (κ2) is 8.25. The average molecular weight is 381 g/mol. The highest BCUT2D eigenvalue weighted by molar-refractivity contribution is 5.93. The van der Waals surface area contributed by atoms with Gasteiger partial charge < -0.3 is 4.74 Å². The van der Waals surface area contributed by atoms with E-state index in [1.165, 1.54) is 17.8 Å². The van der Waals surface area contributed by atoms with Crippen LogP contribution in [-0.4, -0.2) is 43.7 Å². The third-order valence-electron chi connectivity index (χ3n) is 3.68. The molecule has 3 aromatic rings. The minimum absolute atomic E-state index is 0.0457. The average Bonchev–Trinajstić information content (AvgIpc) is 3.07. The largest absolute Gasteiger partial charge is 0.494 e. The second-order valence-corrected chi connectivity index (χ2v) is 5.85. The number of nitrogens with zero attached hydrogens (tertiary/aromatic N) is 5. The summed E-state index contributed by atoms with van der Waals surface area (Å²) in [7, 11) is 0. The lowest BCUT2D eigenvalue weighted by molar-refractivity contribution is 0.0947. The monoisotopic (exact) mass is 381 g/mol. The number of carbonyl (C=O) groups excluding carboxylic acids is 1. The molecule has 2 heterocycles. The third-order valence-corrected chi connectivity index (χ3v) is 3.68.